The van der Waals surface area contributed by atoms with Crippen molar-refractivity contribution >= 4 is 32.5 Å². The molecule has 2 nitrogen and oxygen atoms in total. The Morgan fingerprint density at radius 3 is 2.90 bits per heavy atom. The van der Waals surface area contributed by atoms with Gasteiger partial charge < -0.3 is 5.32 Å². The molecule has 0 unspecified atom stereocenters. The van der Waals surface area contributed by atoms with Crippen molar-refractivity contribution in [2.45, 2.75) is 6.54 Å². The average molecular weight is 331 g/mol. The van der Waals surface area contributed by atoms with Gasteiger partial charge in [0.1, 0.15) is 5.82 Å². The van der Waals surface area contributed by atoms with E-state index in [1.165, 1.54) is 12.1 Å². The van der Waals surface area contributed by atoms with Gasteiger partial charge in [0.25, 0.3) is 0 Å². The van der Waals surface area contributed by atoms with Crippen molar-refractivity contribution in [2.24, 2.45) is 0 Å². The van der Waals surface area contributed by atoms with Crippen LogP contribution < -0.4 is 5.32 Å². The first-order valence-electron chi connectivity index (χ1n) is 6.25. The predicted molar refractivity (Wildman–Crippen MR) is 83.2 cm³/mol. The highest BCUT2D eigenvalue weighted by Crippen LogP contribution is 2.24. The van der Waals surface area contributed by atoms with E-state index in [0.29, 0.717) is 6.54 Å². The predicted octanol–water partition coefficient (Wildman–Crippen LogP) is 4.75. The van der Waals surface area contributed by atoms with Crippen molar-refractivity contribution in [1.82, 2.24) is 4.98 Å². The SMILES string of the molecule is Fc1ccc(Br)c(NCc2ccc3ncccc3c2)c1. The second-order valence-corrected chi connectivity index (χ2v) is 5.36. The average Bonchev–Trinajstić information content (AvgIpc) is 2.48. The van der Waals surface area contributed by atoms with Gasteiger partial charge in [-0.2, -0.15) is 0 Å². The van der Waals surface area contributed by atoms with Crippen LogP contribution in [-0.4, -0.2) is 4.98 Å². The van der Waals surface area contributed by atoms with E-state index in [9.17, 15) is 4.39 Å². The minimum Gasteiger partial charge on any atom is -0.380 e. The number of anilines is 1. The van der Waals surface area contributed by atoms with E-state index < -0.39 is 0 Å². The van der Waals surface area contributed by atoms with Crippen LogP contribution in [0.25, 0.3) is 10.9 Å². The van der Waals surface area contributed by atoms with Crippen molar-refractivity contribution in [3.05, 3.63) is 70.6 Å². The number of pyridine rings is 1. The Hall–Kier alpha value is -1.94. The van der Waals surface area contributed by atoms with E-state index in [4.69, 9.17) is 0 Å². The van der Waals surface area contributed by atoms with Gasteiger partial charge in [-0.3, -0.25) is 4.98 Å². The zero-order valence-corrected chi connectivity index (χ0v) is 12.2. The summed E-state index contributed by atoms with van der Waals surface area (Å²) in [5.41, 5.74) is 2.85. The summed E-state index contributed by atoms with van der Waals surface area (Å²) in [7, 11) is 0. The molecule has 0 atom stereocenters. The first-order chi connectivity index (χ1) is 9.72. The Kier molecular flexibility index (Phi) is 3.65. The summed E-state index contributed by atoms with van der Waals surface area (Å²) in [6, 6.07) is 14.7. The fourth-order valence-electron chi connectivity index (χ4n) is 2.07. The lowest BCUT2D eigenvalue weighted by molar-refractivity contribution is 0.628. The largest absolute Gasteiger partial charge is 0.380 e. The summed E-state index contributed by atoms with van der Waals surface area (Å²) in [6.45, 7) is 0.632. The lowest BCUT2D eigenvalue weighted by atomic mass is 10.1. The van der Waals surface area contributed by atoms with E-state index in [2.05, 4.69) is 32.3 Å². The normalized spacial score (nSPS) is 10.7. The van der Waals surface area contributed by atoms with E-state index in [1.54, 1.807) is 12.3 Å². The number of hydrogen-bond acceptors (Lipinski definition) is 2. The Balaban J connectivity index is 1.81. The summed E-state index contributed by atoms with van der Waals surface area (Å²) in [4.78, 5) is 4.29. The van der Waals surface area contributed by atoms with Crippen LogP contribution in [0.1, 0.15) is 5.56 Å². The Morgan fingerprint density at radius 1 is 1.10 bits per heavy atom. The zero-order valence-electron chi connectivity index (χ0n) is 10.6. The second kappa shape index (κ2) is 5.59. The van der Waals surface area contributed by atoms with Crippen LogP contribution >= 0.6 is 15.9 Å². The zero-order chi connectivity index (χ0) is 13.9. The van der Waals surface area contributed by atoms with Crippen LogP contribution in [0.4, 0.5) is 10.1 Å². The molecule has 1 N–H and O–H groups in total. The highest BCUT2D eigenvalue weighted by atomic mass is 79.9. The van der Waals surface area contributed by atoms with E-state index in [-0.39, 0.29) is 5.82 Å². The first-order valence-corrected chi connectivity index (χ1v) is 7.04. The molecule has 0 aliphatic rings. The van der Waals surface area contributed by atoms with Crippen LogP contribution in [0.5, 0.6) is 0 Å². The Morgan fingerprint density at radius 2 is 2.00 bits per heavy atom. The summed E-state index contributed by atoms with van der Waals surface area (Å²) in [5, 5.41) is 4.33. The fraction of sp³-hybridized carbons (Fsp3) is 0.0625. The number of nitrogens with one attached hydrogen (secondary N) is 1. The number of halogens is 2. The summed E-state index contributed by atoms with van der Waals surface area (Å²) >= 11 is 3.40. The van der Waals surface area contributed by atoms with Crippen LogP contribution in [0.15, 0.2) is 59.2 Å². The molecule has 1 aromatic heterocycles. The molecule has 2 aromatic carbocycles. The molecule has 3 aromatic rings. The number of nitrogens with zero attached hydrogens (tertiary/aromatic N) is 1. The molecule has 0 fully saturated rings. The molecule has 0 spiro atoms. The molecule has 20 heavy (non-hydrogen) atoms. The number of hydrogen-bond donors (Lipinski definition) is 1. The highest BCUT2D eigenvalue weighted by molar-refractivity contribution is 9.10. The van der Waals surface area contributed by atoms with Gasteiger partial charge in [0.2, 0.25) is 0 Å². The summed E-state index contributed by atoms with van der Waals surface area (Å²) in [6.07, 6.45) is 1.78. The first kappa shape index (κ1) is 13.1. The van der Waals surface area contributed by atoms with E-state index in [1.807, 2.05) is 24.3 Å². The third kappa shape index (κ3) is 2.80. The molecule has 100 valence electrons. The van der Waals surface area contributed by atoms with Gasteiger partial charge in [-0.05, 0) is 57.9 Å². The molecule has 0 saturated carbocycles. The molecule has 3 rings (SSSR count). The van der Waals surface area contributed by atoms with Gasteiger partial charge in [0, 0.05) is 22.6 Å². The number of rotatable bonds is 3. The number of aromatic nitrogens is 1. The van der Waals surface area contributed by atoms with Crippen molar-refractivity contribution in [2.75, 3.05) is 5.32 Å². The maximum Gasteiger partial charge on any atom is 0.125 e. The number of fused-ring (bicyclic) bond motifs is 1. The summed E-state index contributed by atoms with van der Waals surface area (Å²) in [5.74, 6) is -0.251. The molecule has 0 bridgehead atoms. The molecule has 0 aliphatic carbocycles. The molecule has 0 amide bonds. The van der Waals surface area contributed by atoms with Gasteiger partial charge in [-0.1, -0.05) is 12.1 Å². The van der Waals surface area contributed by atoms with Crippen LogP contribution in [0.3, 0.4) is 0 Å². The molecular weight excluding hydrogens is 319 g/mol. The van der Waals surface area contributed by atoms with E-state index >= 15 is 0 Å². The molecule has 0 aliphatic heterocycles. The third-order valence-electron chi connectivity index (χ3n) is 3.08. The molecule has 0 radical (unpaired) electrons. The Bertz CT molecular complexity index is 758. The van der Waals surface area contributed by atoms with E-state index in [0.717, 1.165) is 26.6 Å². The minimum absolute atomic E-state index is 0.251. The fourth-order valence-corrected chi connectivity index (χ4v) is 2.45. The monoisotopic (exact) mass is 330 g/mol. The standard InChI is InChI=1S/C16H12BrFN2/c17-14-5-4-13(18)9-16(14)20-10-11-3-6-15-12(8-11)2-1-7-19-15/h1-9,20H,10H2. The van der Waals surface area contributed by atoms with Crippen LogP contribution in [-0.2, 0) is 6.54 Å². The molecule has 0 saturated heterocycles. The van der Waals surface area contributed by atoms with Gasteiger partial charge in [-0.25, -0.2) is 4.39 Å². The van der Waals surface area contributed by atoms with Gasteiger partial charge in [0.15, 0.2) is 0 Å². The molecule has 4 heteroatoms. The van der Waals surface area contributed by atoms with Gasteiger partial charge >= 0.3 is 0 Å². The van der Waals surface area contributed by atoms with Crippen LogP contribution in [0.2, 0.25) is 0 Å². The maximum absolute atomic E-state index is 13.2. The van der Waals surface area contributed by atoms with Crippen molar-refractivity contribution in [1.29, 1.82) is 0 Å². The van der Waals surface area contributed by atoms with Gasteiger partial charge in [-0.15, -0.1) is 0 Å². The lowest BCUT2D eigenvalue weighted by Gasteiger charge is -2.09. The van der Waals surface area contributed by atoms with Gasteiger partial charge in [0.05, 0.1) is 11.2 Å². The quantitative estimate of drug-likeness (QED) is 0.749. The molecule has 1 heterocycles. The smallest absolute Gasteiger partial charge is 0.125 e. The molecular formula is C16H12BrFN2. The lowest BCUT2D eigenvalue weighted by Crippen LogP contribution is -2.00. The highest BCUT2D eigenvalue weighted by Gasteiger charge is 2.02. The summed E-state index contributed by atoms with van der Waals surface area (Å²) < 4.78 is 14.1. The van der Waals surface area contributed by atoms with Crippen LogP contribution in [0, 0.1) is 5.82 Å². The minimum atomic E-state index is -0.251. The third-order valence-corrected chi connectivity index (χ3v) is 3.77. The van der Waals surface area contributed by atoms with Crippen molar-refractivity contribution < 1.29 is 4.39 Å². The second-order valence-electron chi connectivity index (χ2n) is 4.51. The Labute approximate surface area is 124 Å². The van der Waals surface area contributed by atoms with Crippen molar-refractivity contribution in [3.8, 4) is 0 Å². The maximum atomic E-state index is 13.2. The number of benzene rings is 2. The van der Waals surface area contributed by atoms with Crippen molar-refractivity contribution in [3.63, 3.8) is 0 Å². The topological polar surface area (TPSA) is 24.9 Å².